The predicted octanol–water partition coefficient (Wildman–Crippen LogP) is 3.02. The van der Waals surface area contributed by atoms with Crippen LogP contribution >= 0.6 is 0 Å². The Bertz CT molecular complexity index is 350. The lowest BCUT2D eigenvalue weighted by Gasteiger charge is -2.14. The molecule has 14 heavy (non-hydrogen) atoms. The quantitative estimate of drug-likeness (QED) is 0.732. The van der Waals surface area contributed by atoms with Gasteiger partial charge in [0.05, 0.1) is 0 Å². The first-order chi connectivity index (χ1) is 6.66. The van der Waals surface area contributed by atoms with E-state index in [1.165, 1.54) is 11.1 Å². The Labute approximate surface area is 85.1 Å². The van der Waals surface area contributed by atoms with Gasteiger partial charge in [0.25, 0.3) is 0 Å². The maximum absolute atomic E-state index is 8.45. The number of ether oxygens (including phenoxy) is 1. The molecule has 0 amide bonds. The van der Waals surface area contributed by atoms with Gasteiger partial charge in [0.1, 0.15) is 11.8 Å². The third-order valence-corrected chi connectivity index (χ3v) is 2.15. The maximum atomic E-state index is 8.45. The molecule has 0 unspecified atom stereocenters. The van der Waals surface area contributed by atoms with Gasteiger partial charge in [0.15, 0.2) is 6.61 Å². The van der Waals surface area contributed by atoms with E-state index < -0.39 is 0 Å². The summed E-state index contributed by atoms with van der Waals surface area (Å²) < 4.78 is 5.37. The molecule has 0 bridgehead atoms. The van der Waals surface area contributed by atoms with E-state index in [9.17, 15) is 0 Å². The van der Waals surface area contributed by atoms with Crippen molar-refractivity contribution in [3.05, 3.63) is 29.3 Å². The summed E-state index contributed by atoms with van der Waals surface area (Å²) in [6.45, 7) is 6.43. The molecule has 0 aliphatic heterocycles. The SMILES string of the molecule is Cc1cccc(OCC#N)c1C(C)C. The van der Waals surface area contributed by atoms with Crippen molar-refractivity contribution in [3.63, 3.8) is 0 Å². The van der Waals surface area contributed by atoms with E-state index in [-0.39, 0.29) is 6.61 Å². The van der Waals surface area contributed by atoms with Crippen molar-refractivity contribution < 1.29 is 4.74 Å². The van der Waals surface area contributed by atoms with E-state index in [4.69, 9.17) is 10.00 Å². The van der Waals surface area contributed by atoms with Crippen molar-refractivity contribution in [2.75, 3.05) is 6.61 Å². The molecule has 0 fully saturated rings. The van der Waals surface area contributed by atoms with E-state index in [1.54, 1.807) is 0 Å². The Balaban J connectivity index is 3.03. The number of nitrogens with zero attached hydrogens (tertiary/aromatic N) is 1. The summed E-state index contributed by atoms with van der Waals surface area (Å²) in [6, 6.07) is 7.91. The number of aryl methyl sites for hydroxylation is 1. The van der Waals surface area contributed by atoms with E-state index in [1.807, 2.05) is 18.2 Å². The molecule has 0 spiro atoms. The van der Waals surface area contributed by atoms with Crippen LogP contribution in [0.2, 0.25) is 0 Å². The minimum atomic E-state index is 0.114. The van der Waals surface area contributed by atoms with Crippen LogP contribution in [0.15, 0.2) is 18.2 Å². The summed E-state index contributed by atoms with van der Waals surface area (Å²) in [5.41, 5.74) is 2.41. The molecule has 0 N–H and O–H groups in total. The first kappa shape index (κ1) is 10.6. The Kier molecular flexibility index (Phi) is 3.53. The normalized spacial score (nSPS) is 9.93. The Morgan fingerprint density at radius 1 is 1.43 bits per heavy atom. The molecule has 0 aliphatic carbocycles. The first-order valence-corrected chi connectivity index (χ1v) is 4.76. The van der Waals surface area contributed by atoms with E-state index in [0.717, 1.165) is 5.75 Å². The fourth-order valence-corrected chi connectivity index (χ4v) is 1.63. The number of benzene rings is 1. The largest absolute Gasteiger partial charge is 0.478 e. The van der Waals surface area contributed by atoms with E-state index in [0.29, 0.717) is 5.92 Å². The molecule has 0 aromatic heterocycles. The highest BCUT2D eigenvalue weighted by molar-refractivity contribution is 5.41. The second-order valence-corrected chi connectivity index (χ2v) is 3.59. The maximum Gasteiger partial charge on any atom is 0.174 e. The number of hydrogen-bond donors (Lipinski definition) is 0. The van der Waals surface area contributed by atoms with Crippen molar-refractivity contribution in [1.82, 2.24) is 0 Å². The molecule has 0 atom stereocenters. The van der Waals surface area contributed by atoms with Gasteiger partial charge in [-0.2, -0.15) is 5.26 Å². The highest BCUT2D eigenvalue weighted by atomic mass is 16.5. The zero-order valence-electron chi connectivity index (χ0n) is 8.87. The lowest BCUT2D eigenvalue weighted by atomic mass is 9.97. The molecule has 0 aliphatic rings. The van der Waals surface area contributed by atoms with Gasteiger partial charge in [-0.1, -0.05) is 26.0 Å². The van der Waals surface area contributed by atoms with E-state index >= 15 is 0 Å². The van der Waals surface area contributed by atoms with Gasteiger partial charge in [-0.15, -0.1) is 0 Å². The third-order valence-electron chi connectivity index (χ3n) is 2.15. The second kappa shape index (κ2) is 4.66. The summed E-state index contributed by atoms with van der Waals surface area (Å²) >= 11 is 0. The lowest BCUT2D eigenvalue weighted by Crippen LogP contribution is -2.01. The summed E-state index contributed by atoms with van der Waals surface area (Å²) in [4.78, 5) is 0. The van der Waals surface area contributed by atoms with Crippen LogP contribution in [0.5, 0.6) is 5.75 Å². The van der Waals surface area contributed by atoms with Gasteiger partial charge >= 0.3 is 0 Å². The van der Waals surface area contributed by atoms with Crippen LogP contribution in [0.4, 0.5) is 0 Å². The van der Waals surface area contributed by atoms with Crippen molar-refractivity contribution in [1.29, 1.82) is 5.26 Å². The number of nitriles is 1. The van der Waals surface area contributed by atoms with Crippen molar-refractivity contribution in [2.24, 2.45) is 0 Å². The van der Waals surface area contributed by atoms with Crippen LogP contribution in [0.1, 0.15) is 30.9 Å². The highest BCUT2D eigenvalue weighted by Gasteiger charge is 2.09. The molecular formula is C12H15NO. The summed E-state index contributed by atoms with van der Waals surface area (Å²) in [5.74, 6) is 1.26. The highest BCUT2D eigenvalue weighted by Crippen LogP contribution is 2.29. The van der Waals surface area contributed by atoms with Crippen LogP contribution in [0.25, 0.3) is 0 Å². The molecule has 0 saturated heterocycles. The van der Waals surface area contributed by atoms with Gasteiger partial charge in [-0.25, -0.2) is 0 Å². The molecule has 0 saturated carbocycles. The fourth-order valence-electron chi connectivity index (χ4n) is 1.63. The van der Waals surface area contributed by atoms with Crippen LogP contribution in [-0.4, -0.2) is 6.61 Å². The van der Waals surface area contributed by atoms with Crippen LogP contribution in [0, 0.1) is 18.3 Å². The second-order valence-electron chi connectivity index (χ2n) is 3.59. The van der Waals surface area contributed by atoms with Gasteiger partial charge in [-0.05, 0) is 30.0 Å². The predicted molar refractivity (Wildman–Crippen MR) is 56.4 cm³/mol. The smallest absolute Gasteiger partial charge is 0.174 e. The molecule has 2 nitrogen and oxygen atoms in total. The first-order valence-electron chi connectivity index (χ1n) is 4.76. The fraction of sp³-hybridized carbons (Fsp3) is 0.417. The average molecular weight is 189 g/mol. The molecule has 0 heterocycles. The number of hydrogen-bond acceptors (Lipinski definition) is 2. The molecule has 0 radical (unpaired) electrons. The molecule has 1 rings (SSSR count). The lowest BCUT2D eigenvalue weighted by molar-refractivity contribution is 0.362. The van der Waals surface area contributed by atoms with Gasteiger partial charge < -0.3 is 4.74 Å². The van der Waals surface area contributed by atoms with Crippen LogP contribution < -0.4 is 4.74 Å². The monoisotopic (exact) mass is 189 g/mol. The number of rotatable bonds is 3. The topological polar surface area (TPSA) is 33.0 Å². The summed E-state index contributed by atoms with van der Waals surface area (Å²) in [6.07, 6.45) is 0. The van der Waals surface area contributed by atoms with Crippen molar-refractivity contribution >= 4 is 0 Å². The van der Waals surface area contributed by atoms with Crippen molar-refractivity contribution in [3.8, 4) is 11.8 Å². The molecule has 1 aromatic rings. The Hall–Kier alpha value is -1.49. The molecular weight excluding hydrogens is 174 g/mol. The van der Waals surface area contributed by atoms with Crippen LogP contribution in [0.3, 0.4) is 0 Å². The summed E-state index contributed by atoms with van der Waals surface area (Å²) in [5, 5.41) is 8.45. The average Bonchev–Trinajstić information content (AvgIpc) is 2.14. The zero-order chi connectivity index (χ0) is 10.6. The Morgan fingerprint density at radius 2 is 2.14 bits per heavy atom. The Morgan fingerprint density at radius 3 is 2.71 bits per heavy atom. The van der Waals surface area contributed by atoms with Crippen LogP contribution in [-0.2, 0) is 0 Å². The van der Waals surface area contributed by atoms with E-state index in [2.05, 4.69) is 26.8 Å². The zero-order valence-corrected chi connectivity index (χ0v) is 8.87. The van der Waals surface area contributed by atoms with Gasteiger partial charge in [0.2, 0.25) is 0 Å². The minimum absolute atomic E-state index is 0.114. The molecule has 1 aromatic carbocycles. The third kappa shape index (κ3) is 2.26. The van der Waals surface area contributed by atoms with Gasteiger partial charge in [-0.3, -0.25) is 0 Å². The van der Waals surface area contributed by atoms with Crippen molar-refractivity contribution in [2.45, 2.75) is 26.7 Å². The minimum Gasteiger partial charge on any atom is -0.478 e. The van der Waals surface area contributed by atoms with Gasteiger partial charge in [0, 0.05) is 0 Å². The standard InChI is InChI=1S/C12H15NO/c1-9(2)12-10(3)5-4-6-11(12)14-8-7-13/h4-6,9H,8H2,1-3H3. The molecule has 2 heteroatoms. The molecule has 74 valence electrons. The summed E-state index contributed by atoms with van der Waals surface area (Å²) in [7, 11) is 0.